The molecule has 1 aliphatic rings. The van der Waals surface area contributed by atoms with E-state index in [0.717, 1.165) is 43.6 Å². The summed E-state index contributed by atoms with van der Waals surface area (Å²) in [5.41, 5.74) is 4.97. The molecule has 1 amide bonds. The van der Waals surface area contributed by atoms with E-state index in [0.29, 0.717) is 29.1 Å². The highest BCUT2D eigenvalue weighted by atomic mass is 16.2. The second-order valence-corrected chi connectivity index (χ2v) is 10.2. The Hall–Kier alpha value is -5.12. The van der Waals surface area contributed by atoms with Crippen LogP contribution in [0.15, 0.2) is 79.3 Å². The lowest BCUT2D eigenvalue weighted by molar-refractivity contribution is 0.0902. The number of likely N-dealkylation sites (tertiary alicyclic amines) is 1. The van der Waals surface area contributed by atoms with Crippen LogP contribution in [0.3, 0.4) is 0 Å². The largest absolute Gasteiger partial charge is 0.348 e. The second kappa shape index (κ2) is 12.8. The zero-order valence-corrected chi connectivity index (χ0v) is 22.5. The molecule has 41 heavy (non-hydrogen) atoms. The first-order chi connectivity index (χ1) is 20.0. The molecule has 2 aromatic carbocycles. The van der Waals surface area contributed by atoms with Gasteiger partial charge in [-0.1, -0.05) is 36.4 Å². The Balaban J connectivity index is 1.08. The van der Waals surface area contributed by atoms with Crippen molar-refractivity contribution in [2.45, 2.75) is 38.4 Å². The summed E-state index contributed by atoms with van der Waals surface area (Å²) in [7, 11) is 0. The van der Waals surface area contributed by atoms with Crippen molar-refractivity contribution in [2.24, 2.45) is 0 Å². The minimum absolute atomic E-state index is 0.0740. The SMILES string of the molecule is [C-]#[N+]c1ccc(Cn2cc(CC(=O)c3ccc(C(=O)NC4CCN(Cc5ccc(C#N)cc5)CC4)nc3)cn2)cc1. The molecule has 1 N–H and O–H groups in total. The second-order valence-electron chi connectivity index (χ2n) is 10.2. The van der Waals surface area contributed by atoms with Crippen LogP contribution in [-0.4, -0.2) is 50.5 Å². The number of carbonyl (C=O) groups excluding carboxylic acids is 2. The van der Waals surface area contributed by atoms with Crippen molar-refractivity contribution in [3.05, 3.63) is 124 Å². The number of hydrogen-bond donors (Lipinski definition) is 1. The zero-order valence-electron chi connectivity index (χ0n) is 22.5. The van der Waals surface area contributed by atoms with E-state index in [4.69, 9.17) is 11.8 Å². The van der Waals surface area contributed by atoms with Crippen molar-refractivity contribution in [1.29, 1.82) is 5.26 Å². The predicted molar refractivity (Wildman–Crippen MR) is 153 cm³/mol. The first-order valence-electron chi connectivity index (χ1n) is 13.5. The van der Waals surface area contributed by atoms with Crippen molar-refractivity contribution < 1.29 is 9.59 Å². The fourth-order valence-corrected chi connectivity index (χ4v) is 4.87. The number of pyridine rings is 1. The Labute approximate surface area is 238 Å². The lowest BCUT2D eigenvalue weighted by Gasteiger charge is -2.32. The Morgan fingerprint density at radius 3 is 2.32 bits per heavy atom. The smallest absolute Gasteiger partial charge is 0.270 e. The number of nitrogens with one attached hydrogen (secondary N) is 1. The Bertz CT molecular complexity index is 1590. The molecule has 2 aromatic heterocycles. The van der Waals surface area contributed by atoms with Crippen molar-refractivity contribution in [3.8, 4) is 6.07 Å². The molecule has 5 rings (SSSR count). The molecule has 204 valence electrons. The third-order valence-electron chi connectivity index (χ3n) is 7.19. The van der Waals surface area contributed by atoms with Gasteiger partial charge in [-0.15, -0.1) is 0 Å². The average molecular weight is 544 g/mol. The summed E-state index contributed by atoms with van der Waals surface area (Å²) in [5, 5.41) is 16.4. The first kappa shape index (κ1) is 27.4. The number of benzene rings is 2. The van der Waals surface area contributed by atoms with E-state index >= 15 is 0 Å². The van der Waals surface area contributed by atoms with Gasteiger partial charge in [0.2, 0.25) is 0 Å². The number of carbonyl (C=O) groups is 2. The van der Waals surface area contributed by atoms with E-state index in [9.17, 15) is 9.59 Å². The standard InChI is InChI=1S/C32H29N7O2/c1-34-28-9-6-25(7-10-28)21-39-22-26(18-36-39)16-31(40)27-8-11-30(35-19-27)32(41)37-29-12-14-38(15-13-29)20-24-4-2-23(17-33)3-5-24/h2-11,18-19,22,29H,12-16,20-21H2,(H,37,41). The molecule has 1 aliphatic heterocycles. The van der Waals surface area contributed by atoms with Crippen LogP contribution >= 0.6 is 0 Å². The predicted octanol–water partition coefficient (Wildman–Crippen LogP) is 4.57. The van der Waals surface area contributed by atoms with Gasteiger partial charge in [-0.05, 0) is 53.8 Å². The van der Waals surface area contributed by atoms with Gasteiger partial charge in [-0.25, -0.2) is 4.85 Å². The van der Waals surface area contributed by atoms with Crippen molar-refractivity contribution >= 4 is 17.4 Å². The van der Waals surface area contributed by atoms with E-state index in [-0.39, 0.29) is 24.2 Å². The fourth-order valence-electron chi connectivity index (χ4n) is 4.87. The Morgan fingerprint density at radius 1 is 0.951 bits per heavy atom. The van der Waals surface area contributed by atoms with Crippen LogP contribution in [0.1, 0.15) is 55.9 Å². The maximum atomic E-state index is 12.8. The minimum atomic E-state index is -0.236. The molecule has 0 radical (unpaired) electrons. The Kier molecular flexibility index (Phi) is 8.58. The lowest BCUT2D eigenvalue weighted by Crippen LogP contribution is -2.44. The number of Topliss-reactive ketones (excluding diaryl/α,β-unsaturated/α-hetero) is 1. The quantitative estimate of drug-likeness (QED) is 0.245. The maximum Gasteiger partial charge on any atom is 0.270 e. The molecule has 0 atom stereocenters. The highest BCUT2D eigenvalue weighted by Crippen LogP contribution is 2.16. The third kappa shape index (κ3) is 7.30. The van der Waals surface area contributed by atoms with Gasteiger partial charge in [-0.3, -0.25) is 24.2 Å². The highest BCUT2D eigenvalue weighted by Gasteiger charge is 2.22. The lowest BCUT2D eigenvalue weighted by atomic mass is 10.0. The van der Waals surface area contributed by atoms with E-state index in [1.54, 1.807) is 35.1 Å². The number of nitriles is 1. The summed E-state index contributed by atoms with van der Waals surface area (Å²) in [6.45, 7) is 10.2. The van der Waals surface area contributed by atoms with Crippen LogP contribution in [-0.2, 0) is 19.5 Å². The molecule has 4 aromatic rings. The summed E-state index contributed by atoms with van der Waals surface area (Å²) in [5.74, 6) is -0.333. The van der Waals surface area contributed by atoms with Gasteiger partial charge < -0.3 is 5.32 Å². The molecule has 0 bridgehead atoms. The molecule has 0 spiro atoms. The van der Waals surface area contributed by atoms with Crippen LogP contribution in [0.2, 0.25) is 0 Å². The molecule has 1 fully saturated rings. The number of hydrogen-bond acceptors (Lipinski definition) is 6. The number of piperidine rings is 1. The normalized spacial score (nSPS) is 13.7. The zero-order chi connectivity index (χ0) is 28.6. The fraction of sp³-hybridized carbons (Fsp3) is 0.250. The van der Waals surface area contributed by atoms with Gasteiger partial charge in [0.1, 0.15) is 5.69 Å². The number of nitrogens with zero attached hydrogens (tertiary/aromatic N) is 6. The van der Waals surface area contributed by atoms with Crippen molar-refractivity contribution in [2.75, 3.05) is 13.1 Å². The molecule has 3 heterocycles. The minimum Gasteiger partial charge on any atom is -0.348 e. The first-order valence-corrected chi connectivity index (χ1v) is 13.5. The average Bonchev–Trinajstić information content (AvgIpc) is 3.45. The number of rotatable bonds is 9. The number of aromatic nitrogens is 3. The summed E-state index contributed by atoms with van der Waals surface area (Å²) in [6.07, 6.45) is 6.85. The molecule has 9 nitrogen and oxygen atoms in total. The topological polar surface area (TPSA) is 108 Å². The van der Waals surface area contributed by atoms with E-state index in [2.05, 4.69) is 31.2 Å². The van der Waals surface area contributed by atoms with Crippen LogP contribution < -0.4 is 5.32 Å². The van der Waals surface area contributed by atoms with Gasteiger partial charge in [0, 0.05) is 50.1 Å². The summed E-state index contributed by atoms with van der Waals surface area (Å²) >= 11 is 0. The van der Waals surface area contributed by atoms with Crippen LogP contribution in [0, 0.1) is 17.9 Å². The van der Waals surface area contributed by atoms with Crippen LogP contribution in [0.4, 0.5) is 5.69 Å². The summed E-state index contributed by atoms with van der Waals surface area (Å²) in [6, 6.07) is 20.4. The Morgan fingerprint density at radius 2 is 1.66 bits per heavy atom. The van der Waals surface area contributed by atoms with E-state index < -0.39 is 0 Å². The molecular weight excluding hydrogens is 514 g/mol. The van der Waals surface area contributed by atoms with Crippen molar-refractivity contribution in [1.82, 2.24) is 25.0 Å². The van der Waals surface area contributed by atoms with E-state index in [1.807, 2.05) is 42.6 Å². The third-order valence-corrected chi connectivity index (χ3v) is 7.19. The van der Waals surface area contributed by atoms with Crippen LogP contribution in [0.5, 0.6) is 0 Å². The van der Waals surface area contributed by atoms with E-state index in [1.165, 1.54) is 11.8 Å². The van der Waals surface area contributed by atoms with Gasteiger partial charge in [0.15, 0.2) is 11.5 Å². The van der Waals surface area contributed by atoms with Gasteiger partial charge >= 0.3 is 0 Å². The molecule has 0 saturated carbocycles. The highest BCUT2D eigenvalue weighted by molar-refractivity contribution is 5.98. The molecule has 9 heteroatoms. The molecule has 0 aliphatic carbocycles. The molecule has 1 saturated heterocycles. The van der Waals surface area contributed by atoms with Gasteiger partial charge in [0.05, 0.1) is 30.9 Å². The summed E-state index contributed by atoms with van der Waals surface area (Å²) in [4.78, 5) is 35.6. The van der Waals surface area contributed by atoms with Crippen molar-refractivity contribution in [3.63, 3.8) is 0 Å². The maximum absolute atomic E-state index is 12.8. The summed E-state index contributed by atoms with van der Waals surface area (Å²) < 4.78 is 1.76. The number of ketones is 1. The van der Waals surface area contributed by atoms with Gasteiger partial charge in [0.25, 0.3) is 5.91 Å². The monoisotopic (exact) mass is 543 g/mol. The molecular formula is C32H29N7O2. The van der Waals surface area contributed by atoms with Crippen LogP contribution in [0.25, 0.3) is 4.85 Å². The number of amides is 1. The molecule has 0 unspecified atom stereocenters. The van der Waals surface area contributed by atoms with Gasteiger partial charge in [-0.2, -0.15) is 10.4 Å².